The molecule has 1 heterocycles. The van der Waals surface area contributed by atoms with Crippen molar-refractivity contribution in [2.24, 2.45) is 17.3 Å². The lowest BCUT2D eigenvalue weighted by atomic mass is 9.78. The Bertz CT molecular complexity index is 253. The van der Waals surface area contributed by atoms with Crippen molar-refractivity contribution in [3.8, 4) is 0 Å². The van der Waals surface area contributed by atoms with Crippen molar-refractivity contribution < 1.29 is 9.47 Å². The van der Waals surface area contributed by atoms with Crippen molar-refractivity contribution in [3.63, 3.8) is 0 Å². The number of hydrogen-bond acceptors (Lipinski definition) is 2. The lowest BCUT2D eigenvalue weighted by Gasteiger charge is -2.32. The molecule has 1 aliphatic heterocycles. The Kier molecular flexibility index (Phi) is 5.52. The minimum atomic E-state index is 0.346. The van der Waals surface area contributed by atoms with E-state index in [2.05, 4.69) is 29.8 Å². The number of rotatable bonds is 8. The molecule has 2 unspecified atom stereocenters. The van der Waals surface area contributed by atoms with Gasteiger partial charge in [-0.15, -0.1) is 0 Å². The van der Waals surface area contributed by atoms with Crippen molar-refractivity contribution in [2.45, 2.75) is 52.1 Å². The Morgan fingerprint density at radius 2 is 2.11 bits per heavy atom. The van der Waals surface area contributed by atoms with Gasteiger partial charge in [0.1, 0.15) is 0 Å². The molecule has 2 nitrogen and oxygen atoms in total. The maximum atomic E-state index is 5.99. The molecule has 0 bridgehead atoms. The van der Waals surface area contributed by atoms with E-state index in [-0.39, 0.29) is 0 Å². The fourth-order valence-electron chi connectivity index (χ4n) is 2.92. The second kappa shape index (κ2) is 6.71. The van der Waals surface area contributed by atoms with E-state index < -0.39 is 0 Å². The normalized spacial score (nSPS) is 32.3. The molecule has 0 amide bonds. The third-order valence-corrected chi connectivity index (χ3v) is 5.52. The molecule has 106 valence electrons. The van der Waals surface area contributed by atoms with Gasteiger partial charge in [-0.3, -0.25) is 0 Å². The molecule has 3 heteroatoms. The molecule has 2 rings (SSSR count). The van der Waals surface area contributed by atoms with Crippen molar-refractivity contribution in [2.75, 3.05) is 25.2 Å². The van der Waals surface area contributed by atoms with Gasteiger partial charge in [0.05, 0.1) is 6.10 Å². The number of ether oxygens (including phenoxy) is 2. The van der Waals surface area contributed by atoms with Gasteiger partial charge in [-0.2, -0.15) is 0 Å². The summed E-state index contributed by atoms with van der Waals surface area (Å²) in [5.74, 6) is 1.57. The first-order valence-electron chi connectivity index (χ1n) is 7.43. The molecule has 0 radical (unpaired) electrons. The van der Waals surface area contributed by atoms with Crippen LogP contribution in [0.3, 0.4) is 0 Å². The van der Waals surface area contributed by atoms with Gasteiger partial charge in [0.25, 0.3) is 0 Å². The lowest BCUT2D eigenvalue weighted by Crippen LogP contribution is -2.35. The molecule has 0 aromatic carbocycles. The van der Waals surface area contributed by atoms with Crippen LogP contribution in [0.5, 0.6) is 0 Å². The van der Waals surface area contributed by atoms with Gasteiger partial charge < -0.3 is 9.47 Å². The zero-order valence-corrected chi connectivity index (χ0v) is 13.4. The van der Waals surface area contributed by atoms with Gasteiger partial charge in [-0.1, -0.05) is 29.8 Å². The predicted octanol–water partition coefficient (Wildman–Crippen LogP) is 4.02. The molecule has 2 aliphatic rings. The summed E-state index contributed by atoms with van der Waals surface area (Å²) in [4.78, 5) is 0. The Morgan fingerprint density at radius 3 is 2.72 bits per heavy atom. The van der Waals surface area contributed by atoms with Crippen LogP contribution < -0.4 is 0 Å². The SMILES string of the molecule is CC(C)CCOCCC1(CBr)CCOC1C1CC1. The van der Waals surface area contributed by atoms with E-state index in [0.29, 0.717) is 11.5 Å². The minimum Gasteiger partial charge on any atom is -0.381 e. The van der Waals surface area contributed by atoms with Crippen LogP contribution >= 0.6 is 15.9 Å². The molecule has 1 aliphatic carbocycles. The van der Waals surface area contributed by atoms with Gasteiger partial charge >= 0.3 is 0 Å². The zero-order valence-electron chi connectivity index (χ0n) is 11.8. The second-order valence-electron chi connectivity index (χ2n) is 6.42. The maximum absolute atomic E-state index is 5.99. The lowest BCUT2D eigenvalue weighted by molar-refractivity contribution is 0.0187. The highest BCUT2D eigenvalue weighted by Crippen LogP contribution is 2.50. The standard InChI is InChI=1S/C15H27BrO2/c1-12(2)5-8-17-9-6-15(11-16)7-10-18-14(15)13-3-4-13/h12-14H,3-11H2,1-2H3. The average molecular weight is 319 g/mol. The summed E-state index contributed by atoms with van der Waals surface area (Å²) in [5, 5.41) is 1.06. The van der Waals surface area contributed by atoms with Crippen LogP contribution in [-0.4, -0.2) is 31.3 Å². The Balaban J connectivity index is 1.73. The quantitative estimate of drug-likeness (QED) is 0.497. The highest BCUT2D eigenvalue weighted by atomic mass is 79.9. The first-order chi connectivity index (χ1) is 8.68. The molecule has 0 aromatic rings. The first kappa shape index (κ1) is 14.8. The second-order valence-corrected chi connectivity index (χ2v) is 6.98. The largest absolute Gasteiger partial charge is 0.381 e. The number of alkyl halides is 1. The van der Waals surface area contributed by atoms with Crippen LogP contribution in [0.25, 0.3) is 0 Å². The van der Waals surface area contributed by atoms with Crippen LogP contribution in [-0.2, 0) is 9.47 Å². The van der Waals surface area contributed by atoms with Crippen LogP contribution in [0.2, 0.25) is 0 Å². The average Bonchev–Trinajstić information content (AvgIpc) is 3.10. The summed E-state index contributed by atoms with van der Waals surface area (Å²) in [5.41, 5.74) is 0.346. The van der Waals surface area contributed by atoms with Gasteiger partial charge in [0, 0.05) is 30.6 Å². The van der Waals surface area contributed by atoms with Gasteiger partial charge in [0.2, 0.25) is 0 Å². The van der Waals surface area contributed by atoms with E-state index in [1.165, 1.54) is 25.7 Å². The van der Waals surface area contributed by atoms with Crippen LogP contribution in [0.15, 0.2) is 0 Å². The summed E-state index contributed by atoms with van der Waals surface area (Å²) in [6, 6.07) is 0. The smallest absolute Gasteiger partial charge is 0.0669 e. The van der Waals surface area contributed by atoms with Gasteiger partial charge in [0.15, 0.2) is 0 Å². The topological polar surface area (TPSA) is 18.5 Å². The Hall–Kier alpha value is 0.400. The van der Waals surface area contributed by atoms with Crippen molar-refractivity contribution in [1.29, 1.82) is 0 Å². The summed E-state index contributed by atoms with van der Waals surface area (Å²) < 4.78 is 11.8. The third-order valence-electron chi connectivity index (χ3n) is 4.40. The van der Waals surface area contributed by atoms with Crippen molar-refractivity contribution >= 4 is 15.9 Å². The van der Waals surface area contributed by atoms with E-state index in [4.69, 9.17) is 9.47 Å². The molecular weight excluding hydrogens is 292 g/mol. The fourth-order valence-corrected chi connectivity index (χ4v) is 3.80. The van der Waals surface area contributed by atoms with E-state index in [0.717, 1.165) is 43.4 Å². The molecule has 18 heavy (non-hydrogen) atoms. The molecule has 0 aromatic heterocycles. The van der Waals surface area contributed by atoms with Crippen molar-refractivity contribution in [3.05, 3.63) is 0 Å². The van der Waals surface area contributed by atoms with Crippen LogP contribution in [0.4, 0.5) is 0 Å². The van der Waals surface area contributed by atoms with Gasteiger partial charge in [-0.25, -0.2) is 0 Å². The first-order valence-corrected chi connectivity index (χ1v) is 8.55. The van der Waals surface area contributed by atoms with Crippen molar-refractivity contribution in [1.82, 2.24) is 0 Å². The van der Waals surface area contributed by atoms with E-state index in [1.807, 2.05) is 0 Å². The Morgan fingerprint density at radius 1 is 1.33 bits per heavy atom. The highest BCUT2D eigenvalue weighted by molar-refractivity contribution is 9.09. The third kappa shape index (κ3) is 3.71. The molecule has 0 N–H and O–H groups in total. The molecule has 1 saturated carbocycles. The zero-order chi connectivity index (χ0) is 13.0. The molecule has 0 spiro atoms. The maximum Gasteiger partial charge on any atom is 0.0669 e. The van der Waals surface area contributed by atoms with Crippen LogP contribution in [0, 0.1) is 17.3 Å². The minimum absolute atomic E-state index is 0.346. The molecule has 2 atom stereocenters. The van der Waals surface area contributed by atoms with Crippen LogP contribution in [0.1, 0.15) is 46.0 Å². The predicted molar refractivity (Wildman–Crippen MR) is 78.2 cm³/mol. The summed E-state index contributed by atoms with van der Waals surface area (Å²) >= 11 is 3.73. The molecular formula is C15H27BrO2. The van der Waals surface area contributed by atoms with Gasteiger partial charge in [-0.05, 0) is 43.9 Å². The highest BCUT2D eigenvalue weighted by Gasteiger charge is 2.49. The molecule has 1 saturated heterocycles. The monoisotopic (exact) mass is 318 g/mol. The number of hydrogen-bond donors (Lipinski definition) is 0. The molecule has 2 fully saturated rings. The fraction of sp³-hybridized carbons (Fsp3) is 1.00. The van der Waals surface area contributed by atoms with E-state index >= 15 is 0 Å². The Labute approximate surface area is 120 Å². The van der Waals surface area contributed by atoms with E-state index in [9.17, 15) is 0 Å². The summed E-state index contributed by atoms with van der Waals surface area (Å²) in [6.07, 6.45) is 6.75. The van der Waals surface area contributed by atoms with E-state index in [1.54, 1.807) is 0 Å². The summed E-state index contributed by atoms with van der Waals surface area (Å²) in [7, 11) is 0. The summed E-state index contributed by atoms with van der Waals surface area (Å²) in [6.45, 7) is 7.24. The number of halogens is 1.